The van der Waals surface area contributed by atoms with E-state index in [-0.39, 0.29) is 25.7 Å². The molecule has 0 saturated carbocycles. The molecule has 0 aliphatic heterocycles. The van der Waals surface area contributed by atoms with E-state index in [4.69, 9.17) is 37.0 Å². The molecule has 19 heteroatoms. The molecule has 3 unspecified atom stereocenters. The van der Waals surface area contributed by atoms with Crippen molar-refractivity contribution in [2.24, 2.45) is 11.8 Å². The molecule has 6 atom stereocenters. The van der Waals surface area contributed by atoms with Crippen LogP contribution in [0.5, 0.6) is 0 Å². The fourth-order valence-corrected chi connectivity index (χ4v) is 16.0. The summed E-state index contributed by atoms with van der Waals surface area (Å²) in [5.74, 6) is -0.546. The summed E-state index contributed by atoms with van der Waals surface area (Å²) in [6, 6.07) is 0. The van der Waals surface area contributed by atoms with Crippen LogP contribution in [0.1, 0.15) is 497 Å². The van der Waals surface area contributed by atoms with Crippen LogP contribution < -0.4 is 0 Å². The highest BCUT2D eigenvalue weighted by Crippen LogP contribution is 2.45. The second-order valence-electron chi connectivity index (χ2n) is 33.8. The van der Waals surface area contributed by atoms with Crippen LogP contribution in [0, 0.1) is 11.8 Å². The van der Waals surface area contributed by atoms with Crippen molar-refractivity contribution in [3.05, 3.63) is 0 Å². The fourth-order valence-electron chi connectivity index (χ4n) is 14.4. The van der Waals surface area contributed by atoms with Crippen molar-refractivity contribution in [2.75, 3.05) is 39.6 Å². The highest BCUT2D eigenvalue weighted by molar-refractivity contribution is 7.47. The Bertz CT molecular complexity index is 2120. The highest BCUT2D eigenvalue weighted by Gasteiger charge is 2.31. The zero-order chi connectivity index (χ0) is 81.3. The Labute approximate surface area is 683 Å². The number of ether oxygens (including phenoxy) is 4. The number of carbonyl (C=O) groups excluding carboxylic acids is 4. The zero-order valence-corrected chi connectivity index (χ0v) is 75.1. The summed E-state index contributed by atoms with van der Waals surface area (Å²) < 4.78 is 69.1. The summed E-state index contributed by atoms with van der Waals surface area (Å²) >= 11 is 0. The third-order valence-corrected chi connectivity index (χ3v) is 24.0. The maximum atomic E-state index is 13.2. The zero-order valence-electron chi connectivity index (χ0n) is 73.3. The standard InChI is InChI=1S/C92H180O17P2/c1-7-10-12-14-16-18-20-22-24-26-28-30-35-39-43-47-51-55-62-68-74-89(94)102-80-87(108-91(96)76-70-64-57-53-49-45-41-37-33-32-34-38-42-46-50-54-60-66-72-84(4)5)82-106-110(98,99)104-78-86(93)79-105-111(100,101)107-83-88(81-103-90(95)75-69-63-59-58-61-67-73-85(6)9-3)109-92(97)77-71-65-56-52-48-44-40-36-31-29-27-25-23-21-19-17-15-13-11-8-2/h84-88,93H,7-83H2,1-6H3,(H,98,99)(H,100,101)/t85?,86-,87-,88-/m1/s1. The molecule has 0 heterocycles. The van der Waals surface area contributed by atoms with Crippen LogP contribution in [0.15, 0.2) is 0 Å². The first-order chi connectivity index (χ1) is 53.9. The Morgan fingerprint density at radius 1 is 0.261 bits per heavy atom. The fraction of sp³-hybridized carbons (Fsp3) is 0.957. The van der Waals surface area contributed by atoms with Gasteiger partial charge in [0.15, 0.2) is 12.2 Å². The Morgan fingerprint density at radius 2 is 0.459 bits per heavy atom. The van der Waals surface area contributed by atoms with Crippen molar-refractivity contribution >= 4 is 39.5 Å². The predicted octanol–water partition coefficient (Wildman–Crippen LogP) is 28.6. The Hall–Kier alpha value is -1.94. The molecule has 0 amide bonds. The summed E-state index contributed by atoms with van der Waals surface area (Å²) in [4.78, 5) is 73.4. The van der Waals surface area contributed by atoms with Crippen LogP contribution in [0.25, 0.3) is 0 Å². The van der Waals surface area contributed by atoms with Gasteiger partial charge in [-0.1, -0.05) is 446 Å². The largest absolute Gasteiger partial charge is 0.472 e. The minimum Gasteiger partial charge on any atom is -0.462 e. The van der Waals surface area contributed by atoms with Crippen LogP contribution >= 0.6 is 15.6 Å². The van der Waals surface area contributed by atoms with Gasteiger partial charge in [0.2, 0.25) is 0 Å². The monoisotopic (exact) mass is 1620 g/mol. The maximum absolute atomic E-state index is 13.2. The second-order valence-corrected chi connectivity index (χ2v) is 36.7. The van der Waals surface area contributed by atoms with Crippen LogP contribution in [0.4, 0.5) is 0 Å². The third kappa shape index (κ3) is 84.3. The van der Waals surface area contributed by atoms with Crippen LogP contribution in [0.2, 0.25) is 0 Å². The normalized spacial score (nSPS) is 14.0. The van der Waals surface area contributed by atoms with Gasteiger partial charge in [-0.2, -0.15) is 0 Å². The molecule has 0 bridgehead atoms. The summed E-state index contributed by atoms with van der Waals surface area (Å²) in [6.07, 6.45) is 78.0. The van der Waals surface area contributed by atoms with Crippen molar-refractivity contribution in [2.45, 2.75) is 516 Å². The number of phosphoric acid groups is 2. The molecule has 0 aliphatic carbocycles. The van der Waals surface area contributed by atoms with Crippen LogP contribution in [-0.2, 0) is 65.4 Å². The lowest BCUT2D eigenvalue weighted by Crippen LogP contribution is -2.30. The van der Waals surface area contributed by atoms with Gasteiger partial charge in [0, 0.05) is 25.7 Å². The van der Waals surface area contributed by atoms with Gasteiger partial charge in [0.05, 0.1) is 26.4 Å². The van der Waals surface area contributed by atoms with Crippen molar-refractivity contribution < 1.29 is 80.2 Å². The number of unbranched alkanes of at least 4 members (excludes halogenated alkanes) is 60. The molecule has 0 radical (unpaired) electrons. The molecule has 660 valence electrons. The van der Waals surface area contributed by atoms with E-state index >= 15 is 0 Å². The Balaban J connectivity index is 5.21. The van der Waals surface area contributed by atoms with Crippen LogP contribution in [-0.4, -0.2) is 96.7 Å². The molecule has 111 heavy (non-hydrogen) atoms. The van der Waals surface area contributed by atoms with E-state index in [1.54, 1.807) is 0 Å². The average Bonchev–Trinajstić information content (AvgIpc) is 0.903. The predicted molar refractivity (Wildman–Crippen MR) is 460 cm³/mol. The Morgan fingerprint density at radius 3 is 0.685 bits per heavy atom. The maximum Gasteiger partial charge on any atom is 0.472 e. The lowest BCUT2D eigenvalue weighted by Gasteiger charge is -2.21. The van der Waals surface area contributed by atoms with Crippen molar-refractivity contribution in [1.82, 2.24) is 0 Å². The SMILES string of the molecule is CCCCCCCCCCCCCCCCCCCCCCC(=O)OC[C@H](COP(=O)(O)OC[C@@H](O)COP(=O)(O)OC[C@@H](COC(=O)CCCCCCCCC(C)CC)OC(=O)CCCCCCCCCCCCCCCCCCCCCC)OC(=O)CCCCCCCCCCCCCCCCCCCCC(C)C. The second kappa shape index (κ2) is 83.1. The number of esters is 4. The van der Waals surface area contributed by atoms with E-state index in [1.165, 1.54) is 308 Å². The molecule has 3 N–H and O–H groups in total. The van der Waals surface area contributed by atoms with Gasteiger partial charge in [-0.3, -0.25) is 37.3 Å². The molecule has 0 aliphatic rings. The van der Waals surface area contributed by atoms with Gasteiger partial charge in [-0.15, -0.1) is 0 Å². The lowest BCUT2D eigenvalue weighted by atomic mass is 10.00. The number of aliphatic hydroxyl groups excluding tert-OH is 1. The number of hydrogen-bond acceptors (Lipinski definition) is 15. The van der Waals surface area contributed by atoms with Crippen molar-refractivity contribution in [3.8, 4) is 0 Å². The summed E-state index contributed by atoms with van der Waals surface area (Å²) in [5.41, 5.74) is 0. The highest BCUT2D eigenvalue weighted by atomic mass is 31.2. The number of phosphoric ester groups is 2. The molecule has 0 aromatic carbocycles. The molecule has 0 fully saturated rings. The summed E-state index contributed by atoms with van der Waals surface area (Å²) in [5, 5.41) is 10.7. The number of aliphatic hydroxyl groups is 1. The molecular weight excluding hydrogens is 1440 g/mol. The van der Waals surface area contributed by atoms with E-state index in [0.717, 1.165) is 108 Å². The summed E-state index contributed by atoms with van der Waals surface area (Å²) in [7, 11) is -9.94. The van der Waals surface area contributed by atoms with E-state index in [1.807, 2.05) is 0 Å². The smallest absolute Gasteiger partial charge is 0.462 e. The first-order valence-electron chi connectivity index (χ1n) is 47.5. The average molecular weight is 1620 g/mol. The molecule has 0 aromatic rings. The lowest BCUT2D eigenvalue weighted by molar-refractivity contribution is -0.161. The molecular formula is C92H180O17P2. The van der Waals surface area contributed by atoms with Gasteiger partial charge in [-0.25, -0.2) is 9.13 Å². The van der Waals surface area contributed by atoms with Crippen LogP contribution in [0.3, 0.4) is 0 Å². The topological polar surface area (TPSA) is 237 Å². The van der Waals surface area contributed by atoms with Crippen molar-refractivity contribution in [3.63, 3.8) is 0 Å². The van der Waals surface area contributed by atoms with Gasteiger partial charge >= 0.3 is 39.5 Å². The van der Waals surface area contributed by atoms with E-state index in [0.29, 0.717) is 25.7 Å². The van der Waals surface area contributed by atoms with Gasteiger partial charge < -0.3 is 33.8 Å². The van der Waals surface area contributed by atoms with Gasteiger partial charge in [-0.05, 0) is 37.5 Å². The quantitative estimate of drug-likeness (QED) is 0.0222. The molecule has 17 nitrogen and oxygen atoms in total. The molecule has 0 spiro atoms. The van der Waals surface area contributed by atoms with Gasteiger partial charge in [0.25, 0.3) is 0 Å². The van der Waals surface area contributed by atoms with Gasteiger partial charge in [0.1, 0.15) is 19.3 Å². The van der Waals surface area contributed by atoms with E-state index in [2.05, 4.69) is 41.5 Å². The minimum atomic E-state index is -4.97. The molecule has 0 aromatic heterocycles. The number of hydrogen-bond donors (Lipinski definition) is 3. The van der Waals surface area contributed by atoms with E-state index in [9.17, 15) is 43.2 Å². The first kappa shape index (κ1) is 109. The molecule has 0 saturated heterocycles. The number of carbonyl (C=O) groups is 4. The Kier molecular flexibility index (Phi) is 81.7. The first-order valence-corrected chi connectivity index (χ1v) is 50.5. The minimum absolute atomic E-state index is 0.108. The third-order valence-electron chi connectivity index (χ3n) is 22.1. The van der Waals surface area contributed by atoms with E-state index < -0.39 is 97.5 Å². The van der Waals surface area contributed by atoms with Crippen molar-refractivity contribution in [1.29, 1.82) is 0 Å². The number of rotatable bonds is 91. The molecule has 0 rings (SSSR count). The summed E-state index contributed by atoms with van der Waals surface area (Å²) in [6.45, 7) is 9.70.